The van der Waals surface area contributed by atoms with Crippen LogP contribution in [0.5, 0.6) is 0 Å². The van der Waals surface area contributed by atoms with E-state index in [1.165, 1.54) is 4.68 Å². The Morgan fingerprint density at radius 1 is 1.32 bits per heavy atom. The molecule has 2 aromatic rings. The molecule has 0 aliphatic carbocycles. The summed E-state index contributed by atoms with van der Waals surface area (Å²) in [6.45, 7) is 4.59. The van der Waals surface area contributed by atoms with Gasteiger partial charge in [0.15, 0.2) is 5.82 Å². The average molecular weight is 260 g/mol. The molecule has 0 aliphatic rings. The summed E-state index contributed by atoms with van der Waals surface area (Å²) in [5.74, 6) is 7.44. The fraction of sp³-hybridized carbons (Fsp3) is 0.357. The van der Waals surface area contributed by atoms with Gasteiger partial charge in [0.05, 0.1) is 6.61 Å². The third kappa shape index (κ3) is 2.42. The summed E-state index contributed by atoms with van der Waals surface area (Å²) in [5, 5.41) is 0. The molecule has 0 amide bonds. The molecule has 0 unspecified atom stereocenters. The minimum absolute atomic E-state index is 0.218. The van der Waals surface area contributed by atoms with E-state index in [-0.39, 0.29) is 5.92 Å². The number of ether oxygens (including phenoxy) is 1. The Kier molecular flexibility index (Phi) is 3.76. The van der Waals surface area contributed by atoms with Crippen LogP contribution in [0.15, 0.2) is 24.3 Å². The summed E-state index contributed by atoms with van der Waals surface area (Å²) < 4.78 is 6.67. The molecule has 0 spiro atoms. The maximum atomic E-state index is 6.07. The summed E-state index contributed by atoms with van der Waals surface area (Å²) in [6.07, 6.45) is 0. The Bertz CT molecular complexity index is 575. The van der Waals surface area contributed by atoms with Crippen molar-refractivity contribution < 1.29 is 4.74 Å². The van der Waals surface area contributed by atoms with Gasteiger partial charge in [0.25, 0.3) is 0 Å². The molecular weight excluding hydrogens is 240 g/mol. The van der Waals surface area contributed by atoms with Crippen LogP contribution in [-0.4, -0.2) is 16.8 Å². The highest BCUT2D eigenvalue weighted by molar-refractivity contribution is 5.73. The first kappa shape index (κ1) is 13.4. The molecule has 0 atom stereocenters. The standard InChI is InChI=1S/C14H20N4O/c1-9(2)14-17-12(13(15)18(14)16)11-7-5-4-6-10(11)8-19-3/h4-7,9H,8,15-16H2,1-3H3. The lowest BCUT2D eigenvalue weighted by Gasteiger charge is -2.07. The lowest BCUT2D eigenvalue weighted by atomic mass is 10.1. The molecule has 1 aromatic carbocycles. The predicted octanol–water partition coefficient (Wildman–Crippen LogP) is 2.12. The number of nitrogen functional groups attached to an aromatic ring is 2. The molecular formula is C14H20N4O. The Labute approximate surface area is 113 Å². The zero-order valence-electron chi connectivity index (χ0n) is 11.6. The van der Waals surface area contributed by atoms with Gasteiger partial charge in [-0.25, -0.2) is 9.66 Å². The first-order valence-electron chi connectivity index (χ1n) is 6.26. The van der Waals surface area contributed by atoms with Crippen LogP contribution in [-0.2, 0) is 11.3 Å². The van der Waals surface area contributed by atoms with Crippen LogP contribution in [0.2, 0.25) is 0 Å². The maximum absolute atomic E-state index is 6.07. The molecule has 2 rings (SSSR count). The predicted molar refractivity (Wildman–Crippen MR) is 77.0 cm³/mol. The summed E-state index contributed by atoms with van der Waals surface area (Å²) in [5.41, 5.74) is 8.81. The van der Waals surface area contributed by atoms with Crippen LogP contribution in [0.3, 0.4) is 0 Å². The molecule has 1 heterocycles. The van der Waals surface area contributed by atoms with Crippen molar-refractivity contribution in [1.29, 1.82) is 0 Å². The lowest BCUT2D eigenvalue weighted by Crippen LogP contribution is -2.16. The summed E-state index contributed by atoms with van der Waals surface area (Å²) in [7, 11) is 1.67. The van der Waals surface area contributed by atoms with E-state index in [0.29, 0.717) is 12.4 Å². The topological polar surface area (TPSA) is 79.1 Å². The third-order valence-corrected chi connectivity index (χ3v) is 3.06. The van der Waals surface area contributed by atoms with Crippen LogP contribution < -0.4 is 11.6 Å². The lowest BCUT2D eigenvalue weighted by molar-refractivity contribution is 0.185. The number of aromatic nitrogens is 2. The molecule has 5 heteroatoms. The van der Waals surface area contributed by atoms with Gasteiger partial charge in [0, 0.05) is 18.6 Å². The van der Waals surface area contributed by atoms with Gasteiger partial charge in [-0.3, -0.25) is 0 Å². The number of hydrogen-bond acceptors (Lipinski definition) is 4. The van der Waals surface area contributed by atoms with Gasteiger partial charge in [-0.1, -0.05) is 38.1 Å². The summed E-state index contributed by atoms with van der Waals surface area (Å²) in [4.78, 5) is 4.58. The summed E-state index contributed by atoms with van der Waals surface area (Å²) >= 11 is 0. The highest BCUT2D eigenvalue weighted by Crippen LogP contribution is 2.30. The van der Waals surface area contributed by atoms with E-state index in [4.69, 9.17) is 16.3 Å². The molecule has 0 bridgehead atoms. The van der Waals surface area contributed by atoms with Crippen LogP contribution in [0.25, 0.3) is 11.3 Å². The molecule has 102 valence electrons. The van der Waals surface area contributed by atoms with Crippen molar-refractivity contribution in [2.75, 3.05) is 18.7 Å². The Hall–Kier alpha value is -2.01. The number of anilines is 1. The largest absolute Gasteiger partial charge is 0.382 e. The molecule has 1 aromatic heterocycles. The third-order valence-electron chi connectivity index (χ3n) is 3.06. The van der Waals surface area contributed by atoms with E-state index in [2.05, 4.69) is 4.98 Å². The Morgan fingerprint density at radius 3 is 2.58 bits per heavy atom. The van der Waals surface area contributed by atoms with E-state index in [1.54, 1.807) is 7.11 Å². The molecule has 0 saturated heterocycles. The number of imidazole rings is 1. The average Bonchev–Trinajstić information content (AvgIpc) is 2.68. The van der Waals surface area contributed by atoms with Gasteiger partial charge in [0.1, 0.15) is 11.5 Å². The van der Waals surface area contributed by atoms with Crippen molar-refractivity contribution >= 4 is 5.82 Å². The van der Waals surface area contributed by atoms with Gasteiger partial charge in [-0.15, -0.1) is 0 Å². The van der Waals surface area contributed by atoms with E-state index in [0.717, 1.165) is 22.6 Å². The molecule has 0 fully saturated rings. The molecule has 5 nitrogen and oxygen atoms in total. The van der Waals surface area contributed by atoms with E-state index in [9.17, 15) is 0 Å². The number of rotatable bonds is 4. The highest BCUT2D eigenvalue weighted by Gasteiger charge is 2.18. The second kappa shape index (κ2) is 5.32. The van der Waals surface area contributed by atoms with Gasteiger partial charge in [-0.2, -0.15) is 0 Å². The fourth-order valence-corrected chi connectivity index (χ4v) is 2.10. The van der Waals surface area contributed by atoms with E-state index >= 15 is 0 Å². The van der Waals surface area contributed by atoms with Gasteiger partial charge < -0.3 is 16.3 Å². The number of methoxy groups -OCH3 is 1. The van der Waals surface area contributed by atoms with Crippen molar-refractivity contribution in [2.24, 2.45) is 0 Å². The molecule has 0 saturated carbocycles. The highest BCUT2D eigenvalue weighted by atomic mass is 16.5. The molecule has 0 aliphatic heterocycles. The quantitative estimate of drug-likeness (QED) is 0.825. The first-order valence-corrected chi connectivity index (χ1v) is 6.26. The van der Waals surface area contributed by atoms with Crippen LogP contribution in [0, 0.1) is 0 Å². The van der Waals surface area contributed by atoms with Gasteiger partial charge >= 0.3 is 0 Å². The zero-order valence-corrected chi connectivity index (χ0v) is 11.6. The smallest absolute Gasteiger partial charge is 0.150 e. The van der Waals surface area contributed by atoms with Crippen LogP contribution in [0.1, 0.15) is 31.2 Å². The number of hydrogen-bond donors (Lipinski definition) is 2. The zero-order chi connectivity index (χ0) is 14.0. The fourth-order valence-electron chi connectivity index (χ4n) is 2.10. The maximum Gasteiger partial charge on any atom is 0.150 e. The van der Waals surface area contributed by atoms with E-state index < -0.39 is 0 Å². The second-order valence-corrected chi connectivity index (χ2v) is 4.82. The normalized spacial score (nSPS) is 11.2. The first-order chi connectivity index (χ1) is 9.06. The van der Waals surface area contributed by atoms with Crippen molar-refractivity contribution in [1.82, 2.24) is 9.66 Å². The van der Waals surface area contributed by atoms with Gasteiger partial charge in [-0.05, 0) is 5.56 Å². The van der Waals surface area contributed by atoms with Crippen molar-refractivity contribution in [3.05, 3.63) is 35.7 Å². The van der Waals surface area contributed by atoms with Crippen molar-refractivity contribution in [2.45, 2.75) is 26.4 Å². The SMILES string of the molecule is COCc1ccccc1-c1nc(C(C)C)n(N)c1N. The van der Waals surface area contributed by atoms with Crippen molar-refractivity contribution in [3.8, 4) is 11.3 Å². The number of benzene rings is 1. The molecule has 4 N–H and O–H groups in total. The van der Waals surface area contributed by atoms with Crippen LogP contribution >= 0.6 is 0 Å². The monoisotopic (exact) mass is 260 g/mol. The minimum Gasteiger partial charge on any atom is -0.382 e. The van der Waals surface area contributed by atoms with Crippen molar-refractivity contribution in [3.63, 3.8) is 0 Å². The molecule has 0 radical (unpaired) electrons. The minimum atomic E-state index is 0.218. The molecule has 19 heavy (non-hydrogen) atoms. The second-order valence-electron chi connectivity index (χ2n) is 4.82. The summed E-state index contributed by atoms with van der Waals surface area (Å²) in [6, 6.07) is 7.91. The number of nitrogens with two attached hydrogens (primary N) is 2. The Morgan fingerprint density at radius 2 is 2.00 bits per heavy atom. The Balaban J connectivity index is 2.56. The van der Waals surface area contributed by atoms with E-state index in [1.807, 2.05) is 38.1 Å². The van der Waals surface area contributed by atoms with Gasteiger partial charge in [0.2, 0.25) is 0 Å². The van der Waals surface area contributed by atoms with Crippen LogP contribution in [0.4, 0.5) is 5.82 Å². The number of nitrogens with zero attached hydrogens (tertiary/aromatic N) is 2.